The minimum atomic E-state index is -2.81. The first-order valence-electron chi connectivity index (χ1n) is 11.1. The molecule has 6 nitrogen and oxygen atoms in total. The van der Waals surface area contributed by atoms with E-state index in [0.29, 0.717) is 5.56 Å². The van der Waals surface area contributed by atoms with Crippen molar-refractivity contribution in [1.29, 1.82) is 0 Å². The molecule has 4 aromatic carbocycles. The highest BCUT2D eigenvalue weighted by molar-refractivity contribution is 8.29. The molecule has 8 heteroatoms. The van der Waals surface area contributed by atoms with Crippen LogP contribution >= 0.6 is 6.04 Å². The van der Waals surface area contributed by atoms with E-state index in [2.05, 4.69) is 0 Å². The van der Waals surface area contributed by atoms with Crippen LogP contribution in [-0.2, 0) is 11.8 Å². The molecule has 1 aliphatic rings. The monoisotopic (exact) mass is 509 g/mol. The van der Waals surface area contributed by atoms with Gasteiger partial charge >= 0.3 is 0 Å². The first-order chi connectivity index (χ1) is 17.5. The van der Waals surface area contributed by atoms with Crippen LogP contribution in [0.2, 0.25) is 0 Å². The van der Waals surface area contributed by atoms with Crippen molar-refractivity contribution in [2.75, 3.05) is 5.01 Å². The van der Waals surface area contributed by atoms with Crippen molar-refractivity contribution >= 4 is 51.5 Å². The average molecular weight is 510 g/mol. The predicted molar refractivity (Wildman–Crippen MR) is 149 cm³/mol. The number of ketones is 1. The second-order valence-corrected chi connectivity index (χ2v) is 12.3. The number of rotatable bonds is 6. The largest absolute Gasteiger partial charge is 0.287 e. The third-order valence-electron chi connectivity index (χ3n) is 5.80. The molecule has 36 heavy (non-hydrogen) atoms. The number of Topliss-reactive ketones (excluding diaryl/α,β-unsaturated/α-hetero) is 1. The van der Waals surface area contributed by atoms with Crippen molar-refractivity contribution in [3.05, 3.63) is 142 Å². The summed E-state index contributed by atoms with van der Waals surface area (Å²) in [5.41, 5.74) is 2.98. The van der Waals surface area contributed by atoms with Gasteiger partial charge < -0.3 is 0 Å². The first kappa shape index (κ1) is 23.5. The van der Waals surface area contributed by atoms with Gasteiger partial charge in [0.15, 0.2) is 0 Å². The number of para-hydroxylation sites is 1. The lowest BCUT2D eigenvalue weighted by molar-refractivity contribution is -0.384. The molecular formula is C28H20N3O3PS. The molecule has 0 bridgehead atoms. The van der Waals surface area contributed by atoms with Crippen LogP contribution in [0.1, 0.15) is 15.9 Å². The number of hydrazone groups is 1. The number of carbonyl (C=O) groups excluding carboxylic acids is 1. The van der Waals surface area contributed by atoms with Gasteiger partial charge in [-0.1, -0.05) is 90.7 Å². The van der Waals surface area contributed by atoms with Gasteiger partial charge in [-0.2, -0.15) is 5.10 Å². The zero-order valence-corrected chi connectivity index (χ0v) is 20.7. The van der Waals surface area contributed by atoms with Gasteiger partial charge in [-0.3, -0.25) is 14.9 Å². The lowest BCUT2D eigenvalue weighted by Crippen LogP contribution is -2.29. The summed E-state index contributed by atoms with van der Waals surface area (Å²) in [5, 5.41) is 18.6. The van der Waals surface area contributed by atoms with Gasteiger partial charge in [0.05, 0.1) is 22.3 Å². The number of nitro benzene ring substituents is 1. The van der Waals surface area contributed by atoms with Gasteiger partial charge in [0.1, 0.15) is 5.45 Å². The number of anilines is 1. The molecule has 0 saturated carbocycles. The number of nitrogens with zero attached hydrogens (tertiary/aromatic N) is 3. The van der Waals surface area contributed by atoms with Crippen LogP contribution in [-0.4, -0.2) is 16.2 Å². The van der Waals surface area contributed by atoms with E-state index >= 15 is 0 Å². The summed E-state index contributed by atoms with van der Waals surface area (Å²) >= 11 is 6.31. The highest BCUT2D eigenvalue weighted by atomic mass is 32.4. The van der Waals surface area contributed by atoms with Gasteiger partial charge in [0, 0.05) is 23.3 Å². The van der Waals surface area contributed by atoms with Crippen LogP contribution in [0.15, 0.2) is 126 Å². The molecule has 0 amide bonds. The Morgan fingerprint density at radius 1 is 0.806 bits per heavy atom. The summed E-state index contributed by atoms with van der Waals surface area (Å²) in [6.45, 7) is 0. The van der Waals surface area contributed by atoms with Gasteiger partial charge in [0.25, 0.3) is 5.69 Å². The van der Waals surface area contributed by atoms with E-state index in [-0.39, 0.29) is 16.9 Å². The Labute approximate surface area is 213 Å². The van der Waals surface area contributed by atoms with Crippen LogP contribution in [0.25, 0.3) is 5.70 Å². The molecule has 1 aliphatic heterocycles. The first-order valence-corrected chi connectivity index (χ1v) is 14.0. The van der Waals surface area contributed by atoms with E-state index < -0.39 is 11.0 Å². The number of benzene rings is 4. The van der Waals surface area contributed by atoms with Crippen molar-refractivity contribution in [3.63, 3.8) is 0 Å². The van der Waals surface area contributed by atoms with Crippen LogP contribution in [0.3, 0.4) is 0 Å². The quantitative estimate of drug-likeness (QED) is 0.130. The van der Waals surface area contributed by atoms with E-state index in [1.165, 1.54) is 24.3 Å². The summed E-state index contributed by atoms with van der Waals surface area (Å²) in [6, 6.07) is 31.7. The molecular weight excluding hydrogens is 489 g/mol. The Kier molecular flexibility index (Phi) is 6.42. The Bertz CT molecular complexity index is 1540. The molecule has 1 unspecified atom stereocenters. The smallest absolute Gasteiger partial charge is 0.269 e. The average Bonchev–Trinajstić information content (AvgIpc) is 2.94. The molecule has 0 aromatic heterocycles. The van der Waals surface area contributed by atoms with Crippen molar-refractivity contribution < 1.29 is 9.72 Å². The SMILES string of the molecule is O=C(C1=NN(c2ccccc2)C(c2ccccc2)=CP1(=S)c1ccccc1)c1ccc([N+](=O)[O-])cc1. The van der Waals surface area contributed by atoms with E-state index in [1.54, 1.807) is 5.01 Å². The Morgan fingerprint density at radius 2 is 1.36 bits per heavy atom. The maximum absolute atomic E-state index is 13.9. The fraction of sp³-hybridized carbons (Fsp3) is 0. The highest BCUT2D eigenvalue weighted by Gasteiger charge is 2.37. The molecule has 0 spiro atoms. The molecule has 0 radical (unpaired) electrons. The Balaban J connectivity index is 1.72. The fourth-order valence-corrected chi connectivity index (χ4v) is 7.39. The summed E-state index contributed by atoms with van der Waals surface area (Å²) in [4.78, 5) is 24.5. The van der Waals surface area contributed by atoms with Crippen molar-refractivity contribution in [2.45, 2.75) is 0 Å². The van der Waals surface area contributed by atoms with Crippen molar-refractivity contribution in [2.24, 2.45) is 5.10 Å². The van der Waals surface area contributed by atoms with E-state index in [9.17, 15) is 14.9 Å². The van der Waals surface area contributed by atoms with E-state index in [0.717, 1.165) is 22.3 Å². The maximum Gasteiger partial charge on any atom is 0.269 e. The summed E-state index contributed by atoms with van der Waals surface area (Å²) in [5.74, 6) is 1.66. The molecule has 5 rings (SSSR count). The predicted octanol–water partition coefficient (Wildman–Crippen LogP) is 6.41. The molecule has 0 saturated heterocycles. The summed E-state index contributed by atoms with van der Waals surface area (Å²) in [6.07, 6.45) is 0. The standard InChI is InChI=1S/C28H20N3O3PS/c32-27(22-16-18-24(19-17-22)31(33)34)28-29-30(23-12-6-2-7-13-23)26(21-10-4-1-5-11-21)20-35(28,36)25-14-8-3-9-15-25/h1-20H. The van der Waals surface area contributed by atoms with Gasteiger partial charge in [-0.25, -0.2) is 5.01 Å². The number of hydrogen-bond acceptors (Lipinski definition) is 6. The van der Waals surface area contributed by atoms with Crippen LogP contribution in [0, 0.1) is 10.1 Å². The number of non-ortho nitro benzene ring substituents is 1. The van der Waals surface area contributed by atoms with Gasteiger partial charge in [-0.05, 0) is 35.4 Å². The van der Waals surface area contributed by atoms with E-state index in [4.69, 9.17) is 16.9 Å². The topological polar surface area (TPSA) is 75.8 Å². The molecule has 1 heterocycles. The third-order valence-corrected chi connectivity index (χ3v) is 9.86. The zero-order chi connectivity index (χ0) is 25.1. The van der Waals surface area contributed by atoms with Crippen LogP contribution < -0.4 is 10.3 Å². The van der Waals surface area contributed by atoms with Crippen LogP contribution in [0.5, 0.6) is 0 Å². The van der Waals surface area contributed by atoms with Crippen molar-refractivity contribution in [1.82, 2.24) is 0 Å². The van der Waals surface area contributed by atoms with Crippen molar-refractivity contribution in [3.8, 4) is 0 Å². The Hall–Kier alpha value is -4.19. The van der Waals surface area contributed by atoms with Gasteiger partial charge in [0.2, 0.25) is 5.78 Å². The number of hydrogen-bond donors (Lipinski definition) is 0. The highest BCUT2D eigenvalue weighted by Crippen LogP contribution is 2.55. The minimum absolute atomic E-state index is 0.0863. The summed E-state index contributed by atoms with van der Waals surface area (Å²) < 4.78 is 0. The fourth-order valence-electron chi connectivity index (χ4n) is 3.98. The number of nitro groups is 1. The Morgan fingerprint density at radius 3 is 1.94 bits per heavy atom. The third kappa shape index (κ3) is 4.42. The second kappa shape index (κ2) is 9.82. The zero-order valence-electron chi connectivity index (χ0n) is 19.0. The summed E-state index contributed by atoms with van der Waals surface area (Å²) in [7, 11) is 0. The molecule has 0 fully saturated rings. The molecule has 0 aliphatic carbocycles. The molecule has 4 aromatic rings. The maximum atomic E-state index is 13.9. The van der Waals surface area contributed by atoms with E-state index in [1.807, 2.05) is 96.8 Å². The van der Waals surface area contributed by atoms with Crippen LogP contribution in [0.4, 0.5) is 11.4 Å². The molecule has 0 N–H and O–H groups in total. The molecule has 176 valence electrons. The molecule has 1 atom stereocenters. The normalized spacial score (nSPS) is 17.2. The lowest BCUT2D eigenvalue weighted by Gasteiger charge is -2.33. The second-order valence-electron chi connectivity index (χ2n) is 8.08. The lowest BCUT2D eigenvalue weighted by atomic mass is 10.1. The minimum Gasteiger partial charge on any atom is -0.287 e. The number of carbonyl (C=O) groups is 1. The van der Waals surface area contributed by atoms with Gasteiger partial charge in [-0.15, -0.1) is 0 Å².